The second-order valence-corrected chi connectivity index (χ2v) is 9.98. The van der Waals surface area contributed by atoms with Crippen LogP contribution in [-0.4, -0.2) is 30.8 Å². The van der Waals surface area contributed by atoms with Crippen molar-refractivity contribution in [1.82, 2.24) is 10.1 Å². The lowest BCUT2D eigenvalue weighted by molar-refractivity contribution is -0.137. The number of anilines is 1. The summed E-state index contributed by atoms with van der Waals surface area (Å²) in [6, 6.07) is 11.7. The Morgan fingerprint density at radius 3 is 2.49 bits per heavy atom. The number of aromatic nitrogens is 2. The molecule has 0 aliphatic carbocycles. The van der Waals surface area contributed by atoms with E-state index in [2.05, 4.69) is 19.4 Å². The fraction of sp³-hybridized carbons (Fsp3) is 0.0769. The molecule has 0 saturated carbocycles. The van der Waals surface area contributed by atoms with E-state index in [1.165, 1.54) is 55.8 Å². The van der Waals surface area contributed by atoms with E-state index in [0.717, 1.165) is 24.4 Å². The van der Waals surface area contributed by atoms with Crippen LogP contribution in [0.2, 0.25) is 0 Å². The van der Waals surface area contributed by atoms with Gasteiger partial charge in [0.1, 0.15) is 23.6 Å². The molecule has 0 atom stereocenters. The number of rotatable bonds is 6. The van der Waals surface area contributed by atoms with Gasteiger partial charge in [-0.05, 0) is 42.0 Å². The zero-order valence-electron chi connectivity index (χ0n) is 19.8. The molecule has 0 saturated heterocycles. The number of pyridine rings is 1. The first-order valence-electron chi connectivity index (χ1n) is 11.1. The number of ether oxygens (including phenoxy) is 1. The Labute approximate surface area is 218 Å². The van der Waals surface area contributed by atoms with Gasteiger partial charge >= 0.3 is 6.18 Å². The molecule has 13 heteroatoms. The van der Waals surface area contributed by atoms with Crippen LogP contribution < -0.4 is 9.46 Å². The van der Waals surface area contributed by atoms with Crippen molar-refractivity contribution >= 4 is 26.6 Å². The number of hydrogen-bond acceptors (Lipinski definition) is 7. The van der Waals surface area contributed by atoms with Gasteiger partial charge in [0.05, 0.1) is 29.5 Å². The Morgan fingerprint density at radius 2 is 1.79 bits per heavy atom. The molecule has 0 fully saturated rings. The van der Waals surface area contributed by atoms with Crippen molar-refractivity contribution in [1.29, 1.82) is 0 Å². The number of fused-ring (bicyclic) bond motifs is 1. The molecule has 5 aromatic rings. The highest BCUT2D eigenvalue weighted by molar-refractivity contribution is 7.92. The van der Waals surface area contributed by atoms with E-state index in [4.69, 9.17) is 4.74 Å². The lowest BCUT2D eigenvalue weighted by Crippen LogP contribution is -2.13. The average Bonchev–Trinajstić information content (AvgIpc) is 3.40. The first kappa shape index (κ1) is 26.0. The summed E-state index contributed by atoms with van der Waals surface area (Å²) in [5.41, 5.74) is -0.797. The summed E-state index contributed by atoms with van der Waals surface area (Å²) in [7, 11) is -2.81. The summed E-state index contributed by atoms with van der Waals surface area (Å²) in [6.07, 6.45) is -2.35. The Morgan fingerprint density at radius 1 is 1.00 bits per heavy atom. The summed E-state index contributed by atoms with van der Waals surface area (Å²) in [6.45, 7) is 0. The van der Waals surface area contributed by atoms with Gasteiger partial charge in [0.2, 0.25) is 0 Å². The van der Waals surface area contributed by atoms with Crippen molar-refractivity contribution in [2.24, 2.45) is 0 Å². The largest absolute Gasteiger partial charge is 0.506 e. The number of alkyl halides is 3. The van der Waals surface area contributed by atoms with Gasteiger partial charge in [-0.2, -0.15) is 13.2 Å². The van der Waals surface area contributed by atoms with Crippen LogP contribution in [0.4, 0.5) is 23.4 Å². The Balaban J connectivity index is 1.62. The molecule has 3 aromatic carbocycles. The minimum Gasteiger partial charge on any atom is -0.506 e. The fourth-order valence-corrected chi connectivity index (χ4v) is 5.06. The zero-order chi connectivity index (χ0) is 27.9. The van der Waals surface area contributed by atoms with Crippen LogP contribution >= 0.6 is 0 Å². The Bertz CT molecular complexity index is 1810. The number of hydrogen-bond donors (Lipinski definition) is 2. The molecule has 0 amide bonds. The van der Waals surface area contributed by atoms with E-state index in [9.17, 15) is 26.7 Å². The zero-order valence-corrected chi connectivity index (χ0v) is 20.6. The summed E-state index contributed by atoms with van der Waals surface area (Å²) in [5.74, 6) is -1.14. The molecule has 0 spiro atoms. The third kappa shape index (κ3) is 4.95. The molecule has 0 radical (unpaired) electrons. The van der Waals surface area contributed by atoms with E-state index in [1.54, 1.807) is 0 Å². The summed E-state index contributed by atoms with van der Waals surface area (Å²) in [5, 5.41) is 14.3. The van der Waals surface area contributed by atoms with E-state index < -0.39 is 27.6 Å². The van der Waals surface area contributed by atoms with Gasteiger partial charge in [-0.1, -0.05) is 23.4 Å². The lowest BCUT2D eigenvalue weighted by Gasteiger charge is -2.15. The van der Waals surface area contributed by atoms with Gasteiger partial charge in [0.25, 0.3) is 10.0 Å². The third-order valence-electron chi connectivity index (χ3n) is 5.87. The van der Waals surface area contributed by atoms with Crippen molar-refractivity contribution < 1.29 is 40.3 Å². The van der Waals surface area contributed by atoms with Crippen LogP contribution in [-0.2, 0) is 16.2 Å². The number of nitrogens with one attached hydrogen (secondary N) is 1. The van der Waals surface area contributed by atoms with Crippen LogP contribution in [0.5, 0.6) is 11.5 Å². The Kier molecular flexibility index (Phi) is 6.38. The van der Waals surface area contributed by atoms with E-state index >= 15 is 4.39 Å². The lowest BCUT2D eigenvalue weighted by atomic mass is 9.97. The van der Waals surface area contributed by atoms with Crippen molar-refractivity contribution in [3.05, 3.63) is 84.5 Å². The molecule has 0 bridgehead atoms. The standard InChI is InChI=1S/C26H17F4N3O5S/c1-37-23-12-18(14-3-2-4-15(9-14)26(28,29)30)21(27)11-20(23)25-17-6-5-16(10-19(17)22(34)13-31-25)39(35,36)33-24-7-8-38-32-24/h2-13,34H,1H3,(H,32,33). The van der Waals surface area contributed by atoms with Crippen LogP contribution in [0.25, 0.3) is 33.2 Å². The second-order valence-electron chi connectivity index (χ2n) is 8.30. The number of nitrogens with zero attached hydrogens (tertiary/aromatic N) is 2. The normalized spacial score (nSPS) is 12.0. The van der Waals surface area contributed by atoms with E-state index in [-0.39, 0.29) is 55.4 Å². The highest BCUT2D eigenvalue weighted by Gasteiger charge is 2.31. The number of benzene rings is 3. The van der Waals surface area contributed by atoms with Crippen molar-refractivity contribution in [3.8, 4) is 33.9 Å². The number of sulfonamides is 1. The summed E-state index contributed by atoms with van der Waals surface area (Å²) in [4.78, 5) is 3.99. The van der Waals surface area contributed by atoms with Crippen LogP contribution in [0.3, 0.4) is 0 Å². The molecule has 0 unspecified atom stereocenters. The molecule has 5 rings (SSSR count). The molecular formula is C26H17F4N3O5S. The van der Waals surface area contributed by atoms with Crippen molar-refractivity contribution in [2.75, 3.05) is 11.8 Å². The maximum Gasteiger partial charge on any atom is 0.416 e. The molecule has 8 nitrogen and oxygen atoms in total. The Hall–Kier alpha value is -4.65. The first-order chi connectivity index (χ1) is 18.5. The second kappa shape index (κ2) is 9.58. The van der Waals surface area contributed by atoms with Crippen LogP contribution in [0.1, 0.15) is 5.56 Å². The monoisotopic (exact) mass is 559 g/mol. The molecule has 2 heterocycles. The summed E-state index contributed by atoms with van der Waals surface area (Å²) < 4.78 is 92.8. The molecule has 2 aromatic heterocycles. The molecule has 0 aliphatic rings. The number of halogens is 4. The number of methoxy groups -OCH3 is 1. The minimum atomic E-state index is -4.61. The highest BCUT2D eigenvalue weighted by Crippen LogP contribution is 2.41. The first-order valence-corrected chi connectivity index (χ1v) is 12.6. The molecule has 39 heavy (non-hydrogen) atoms. The topological polar surface area (TPSA) is 115 Å². The van der Waals surface area contributed by atoms with Gasteiger partial charge in [0, 0.05) is 28.0 Å². The molecule has 2 N–H and O–H groups in total. The smallest absolute Gasteiger partial charge is 0.416 e. The maximum atomic E-state index is 15.3. The maximum absolute atomic E-state index is 15.3. The van der Waals surface area contributed by atoms with Gasteiger partial charge in [-0.15, -0.1) is 0 Å². The SMILES string of the molecule is COc1cc(-c2cccc(C(F)(F)F)c2)c(F)cc1-c1ncc(O)c2cc(S(=O)(=O)Nc3ccon3)ccc12. The van der Waals surface area contributed by atoms with Gasteiger partial charge in [0.15, 0.2) is 5.82 Å². The molecule has 200 valence electrons. The predicted molar refractivity (Wildman–Crippen MR) is 133 cm³/mol. The van der Waals surface area contributed by atoms with Gasteiger partial charge < -0.3 is 14.4 Å². The van der Waals surface area contributed by atoms with Gasteiger partial charge in [-0.25, -0.2) is 12.8 Å². The summed E-state index contributed by atoms with van der Waals surface area (Å²) >= 11 is 0. The fourth-order valence-electron chi connectivity index (χ4n) is 4.04. The molecular weight excluding hydrogens is 542 g/mol. The van der Waals surface area contributed by atoms with E-state index in [1.807, 2.05) is 0 Å². The predicted octanol–water partition coefficient (Wildman–Crippen LogP) is 6.23. The van der Waals surface area contributed by atoms with Gasteiger partial charge in [-0.3, -0.25) is 9.71 Å². The van der Waals surface area contributed by atoms with Crippen molar-refractivity contribution in [3.63, 3.8) is 0 Å². The highest BCUT2D eigenvalue weighted by atomic mass is 32.2. The third-order valence-corrected chi connectivity index (χ3v) is 7.22. The average molecular weight is 559 g/mol. The number of aromatic hydroxyl groups is 1. The van der Waals surface area contributed by atoms with E-state index in [0.29, 0.717) is 0 Å². The quantitative estimate of drug-likeness (QED) is 0.237. The van der Waals surface area contributed by atoms with Crippen LogP contribution in [0, 0.1) is 5.82 Å². The van der Waals surface area contributed by atoms with Crippen LogP contribution in [0.15, 0.2) is 82.5 Å². The minimum absolute atomic E-state index is 0.00911. The van der Waals surface area contributed by atoms with Crippen molar-refractivity contribution in [2.45, 2.75) is 11.1 Å². The molecule has 0 aliphatic heterocycles.